The fourth-order valence-electron chi connectivity index (χ4n) is 1.67. The van der Waals surface area contributed by atoms with Crippen LogP contribution in [0.4, 0.5) is 4.39 Å². The molecular weight excluding hydrogens is 255 g/mol. The van der Waals surface area contributed by atoms with Crippen molar-refractivity contribution in [1.82, 2.24) is 9.62 Å². The molecule has 18 heavy (non-hydrogen) atoms. The largest absolute Gasteiger partial charge is 0.320 e. The van der Waals surface area contributed by atoms with Crippen molar-refractivity contribution in [3.05, 3.63) is 29.6 Å². The van der Waals surface area contributed by atoms with Gasteiger partial charge in [0.25, 0.3) is 0 Å². The van der Waals surface area contributed by atoms with Gasteiger partial charge in [-0.3, -0.25) is 0 Å². The third-order valence-corrected chi connectivity index (χ3v) is 4.74. The molecule has 1 N–H and O–H groups in total. The van der Waals surface area contributed by atoms with E-state index in [0.29, 0.717) is 12.1 Å². The van der Waals surface area contributed by atoms with Crippen molar-refractivity contribution in [2.45, 2.75) is 18.2 Å². The maximum atomic E-state index is 13.0. The quantitative estimate of drug-likeness (QED) is 0.797. The van der Waals surface area contributed by atoms with Gasteiger partial charge in [-0.1, -0.05) is 0 Å². The van der Waals surface area contributed by atoms with Crippen LogP contribution in [0.3, 0.4) is 0 Å². The molecule has 0 saturated carbocycles. The fourth-order valence-corrected chi connectivity index (χ4v) is 3.08. The molecule has 0 radical (unpaired) electrons. The van der Waals surface area contributed by atoms with Crippen LogP contribution in [0.15, 0.2) is 23.1 Å². The summed E-state index contributed by atoms with van der Waals surface area (Å²) in [5.74, 6) is -0.427. The Balaban J connectivity index is 2.91. The van der Waals surface area contributed by atoms with E-state index in [0.717, 1.165) is 13.0 Å². The van der Waals surface area contributed by atoms with E-state index in [9.17, 15) is 12.8 Å². The molecule has 0 aliphatic carbocycles. The Kier molecular flexibility index (Phi) is 5.25. The lowest BCUT2D eigenvalue weighted by atomic mass is 10.2. The molecule has 1 aromatic carbocycles. The summed E-state index contributed by atoms with van der Waals surface area (Å²) in [6.07, 6.45) is 0.729. The monoisotopic (exact) mass is 274 g/mol. The number of hydrogen-bond acceptors (Lipinski definition) is 3. The Morgan fingerprint density at radius 3 is 2.61 bits per heavy atom. The molecule has 0 amide bonds. The summed E-state index contributed by atoms with van der Waals surface area (Å²) in [6, 6.07) is 3.71. The van der Waals surface area contributed by atoms with Crippen LogP contribution in [-0.4, -0.2) is 39.9 Å². The molecule has 0 unspecified atom stereocenters. The first-order chi connectivity index (χ1) is 8.39. The first kappa shape index (κ1) is 15.1. The lowest BCUT2D eigenvalue weighted by Gasteiger charge is -2.18. The molecule has 0 aliphatic heterocycles. The molecule has 0 aromatic heterocycles. The Morgan fingerprint density at radius 1 is 1.39 bits per heavy atom. The van der Waals surface area contributed by atoms with Gasteiger partial charge in [-0.2, -0.15) is 0 Å². The van der Waals surface area contributed by atoms with Crippen molar-refractivity contribution < 1.29 is 12.8 Å². The lowest BCUT2D eigenvalue weighted by molar-refractivity contribution is 0.457. The van der Waals surface area contributed by atoms with E-state index in [-0.39, 0.29) is 4.90 Å². The number of nitrogens with one attached hydrogen (secondary N) is 1. The van der Waals surface area contributed by atoms with Gasteiger partial charge in [-0.05, 0) is 50.7 Å². The second-order valence-electron chi connectivity index (χ2n) is 4.19. The molecule has 0 aliphatic rings. The zero-order valence-electron chi connectivity index (χ0n) is 10.9. The van der Waals surface area contributed by atoms with Crippen LogP contribution in [0.5, 0.6) is 0 Å². The van der Waals surface area contributed by atoms with E-state index in [1.165, 1.54) is 29.6 Å². The highest BCUT2D eigenvalue weighted by atomic mass is 32.2. The van der Waals surface area contributed by atoms with Crippen LogP contribution in [0.2, 0.25) is 0 Å². The van der Waals surface area contributed by atoms with Crippen molar-refractivity contribution >= 4 is 10.0 Å². The van der Waals surface area contributed by atoms with E-state index in [1.807, 2.05) is 7.05 Å². The van der Waals surface area contributed by atoms with E-state index >= 15 is 0 Å². The van der Waals surface area contributed by atoms with Crippen molar-refractivity contribution in [2.24, 2.45) is 0 Å². The summed E-state index contributed by atoms with van der Waals surface area (Å²) in [5.41, 5.74) is 0.426. The van der Waals surface area contributed by atoms with Gasteiger partial charge in [0.2, 0.25) is 10.0 Å². The summed E-state index contributed by atoms with van der Waals surface area (Å²) < 4.78 is 38.7. The van der Waals surface area contributed by atoms with Crippen molar-refractivity contribution in [1.29, 1.82) is 0 Å². The number of nitrogens with zero attached hydrogens (tertiary/aromatic N) is 1. The minimum absolute atomic E-state index is 0.163. The van der Waals surface area contributed by atoms with Crippen LogP contribution in [0, 0.1) is 12.7 Å². The number of hydrogen-bond donors (Lipinski definition) is 1. The van der Waals surface area contributed by atoms with Gasteiger partial charge in [0.1, 0.15) is 5.82 Å². The highest BCUT2D eigenvalue weighted by Crippen LogP contribution is 2.19. The average molecular weight is 274 g/mol. The van der Waals surface area contributed by atoms with Crippen LogP contribution in [-0.2, 0) is 10.0 Å². The smallest absolute Gasteiger partial charge is 0.243 e. The predicted octanol–water partition coefficient (Wildman–Crippen LogP) is 1.36. The van der Waals surface area contributed by atoms with Gasteiger partial charge in [0, 0.05) is 13.6 Å². The number of halogens is 1. The first-order valence-electron chi connectivity index (χ1n) is 5.76. The number of sulfonamides is 1. The predicted molar refractivity (Wildman–Crippen MR) is 69.5 cm³/mol. The molecule has 1 rings (SSSR count). The standard InChI is InChI=1S/C12H19FN2O2S/c1-10-9-11(13)5-6-12(10)18(16,17)15(3)8-4-7-14-2/h5-6,9,14H,4,7-8H2,1-3H3. The zero-order valence-corrected chi connectivity index (χ0v) is 11.7. The minimum atomic E-state index is -3.53. The van der Waals surface area contributed by atoms with Gasteiger partial charge < -0.3 is 5.32 Å². The van der Waals surface area contributed by atoms with E-state index in [2.05, 4.69) is 5.32 Å². The SMILES string of the molecule is CNCCCN(C)S(=O)(=O)c1ccc(F)cc1C. The van der Waals surface area contributed by atoms with Gasteiger partial charge >= 0.3 is 0 Å². The van der Waals surface area contributed by atoms with Crippen LogP contribution < -0.4 is 5.32 Å². The second kappa shape index (κ2) is 6.26. The van der Waals surface area contributed by atoms with Crippen molar-refractivity contribution in [3.8, 4) is 0 Å². The van der Waals surface area contributed by atoms with Gasteiger partial charge in [-0.25, -0.2) is 17.1 Å². The molecule has 102 valence electrons. The Morgan fingerprint density at radius 2 is 2.06 bits per heavy atom. The molecule has 4 nitrogen and oxygen atoms in total. The topological polar surface area (TPSA) is 49.4 Å². The molecule has 0 saturated heterocycles. The second-order valence-corrected chi connectivity index (χ2v) is 6.21. The molecule has 1 aromatic rings. The molecule has 0 atom stereocenters. The number of rotatable bonds is 6. The van der Waals surface area contributed by atoms with Crippen molar-refractivity contribution in [2.75, 3.05) is 27.2 Å². The molecule has 6 heteroatoms. The van der Waals surface area contributed by atoms with Crippen LogP contribution >= 0.6 is 0 Å². The first-order valence-corrected chi connectivity index (χ1v) is 7.20. The van der Waals surface area contributed by atoms with Crippen LogP contribution in [0.25, 0.3) is 0 Å². The minimum Gasteiger partial charge on any atom is -0.320 e. The van der Waals surface area contributed by atoms with Crippen LogP contribution in [0.1, 0.15) is 12.0 Å². The maximum Gasteiger partial charge on any atom is 0.243 e. The maximum absolute atomic E-state index is 13.0. The van der Waals surface area contributed by atoms with E-state index in [1.54, 1.807) is 6.92 Å². The van der Waals surface area contributed by atoms with Gasteiger partial charge in [0.05, 0.1) is 4.90 Å². The zero-order chi connectivity index (χ0) is 13.8. The third-order valence-electron chi connectivity index (χ3n) is 2.72. The molecular formula is C12H19FN2O2S. The third kappa shape index (κ3) is 3.51. The number of benzene rings is 1. The van der Waals surface area contributed by atoms with Gasteiger partial charge in [0.15, 0.2) is 0 Å². The molecule has 0 bridgehead atoms. The molecule has 0 fully saturated rings. The van der Waals surface area contributed by atoms with Gasteiger partial charge in [-0.15, -0.1) is 0 Å². The fraction of sp³-hybridized carbons (Fsp3) is 0.500. The summed E-state index contributed by atoms with van der Waals surface area (Å²) in [6.45, 7) is 2.78. The highest BCUT2D eigenvalue weighted by molar-refractivity contribution is 7.89. The van der Waals surface area contributed by atoms with E-state index < -0.39 is 15.8 Å². The average Bonchev–Trinajstić information content (AvgIpc) is 2.28. The summed E-state index contributed by atoms with van der Waals surface area (Å²) >= 11 is 0. The summed E-state index contributed by atoms with van der Waals surface area (Å²) in [4.78, 5) is 0.163. The lowest BCUT2D eigenvalue weighted by Crippen LogP contribution is -2.30. The van der Waals surface area contributed by atoms with E-state index in [4.69, 9.17) is 0 Å². The Labute approximate surface area is 108 Å². The molecule has 0 spiro atoms. The normalized spacial score (nSPS) is 12.1. The Hall–Kier alpha value is -0.980. The Bertz CT molecular complexity index is 503. The number of aryl methyl sites for hydroxylation is 1. The molecule has 0 heterocycles. The summed E-state index contributed by atoms with van der Waals surface area (Å²) in [7, 11) is -0.174. The highest BCUT2D eigenvalue weighted by Gasteiger charge is 2.22. The summed E-state index contributed by atoms with van der Waals surface area (Å²) in [5, 5.41) is 2.96. The van der Waals surface area contributed by atoms with Crippen molar-refractivity contribution in [3.63, 3.8) is 0 Å².